The second-order valence-corrected chi connectivity index (χ2v) is 12.4. The van der Waals surface area contributed by atoms with Gasteiger partial charge in [0.2, 0.25) is 11.0 Å². The van der Waals surface area contributed by atoms with Gasteiger partial charge in [-0.15, -0.1) is 11.3 Å². The van der Waals surface area contributed by atoms with Gasteiger partial charge in [0, 0.05) is 37.3 Å². The van der Waals surface area contributed by atoms with Crippen LogP contribution >= 0.6 is 23.1 Å². The predicted octanol–water partition coefficient (Wildman–Crippen LogP) is 2.68. The molecule has 0 fully saturated rings. The Labute approximate surface area is 230 Å². The lowest BCUT2D eigenvalue weighted by molar-refractivity contribution is -0.560. The second-order valence-electron chi connectivity index (χ2n) is 8.76. The summed E-state index contributed by atoms with van der Waals surface area (Å²) < 4.78 is 36.9. The lowest BCUT2D eigenvalue weighted by Gasteiger charge is -2.15. The molecule has 0 unspecified atom stereocenters. The summed E-state index contributed by atoms with van der Waals surface area (Å²) in [4.78, 5) is 27.2. The van der Waals surface area contributed by atoms with Crippen LogP contribution in [0.1, 0.15) is 31.9 Å². The Morgan fingerprint density at radius 2 is 1.82 bits per heavy atom. The van der Waals surface area contributed by atoms with Crippen molar-refractivity contribution in [3.05, 3.63) is 85.8 Å². The first kappa shape index (κ1) is 28.0. The van der Waals surface area contributed by atoms with Gasteiger partial charge in [0.05, 0.1) is 17.6 Å². The van der Waals surface area contributed by atoms with Gasteiger partial charge in [-0.2, -0.15) is 8.42 Å². The van der Waals surface area contributed by atoms with Crippen molar-refractivity contribution in [1.29, 1.82) is 0 Å². The van der Waals surface area contributed by atoms with Crippen molar-refractivity contribution in [2.24, 2.45) is 0 Å². The maximum absolute atomic E-state index is 13.3. The Hall–Kier alpha value is -2.99. The van der Waals surface area contributed by atoms with E-state index in [9.17, 15) is 22.6 Å². The number of carbonyl (C=O) groups is 1. The van der Waals surface area contributed by atoms with Crippen molar-refractivity contribution in [2.75, 3.05) is 23.0 Å². The van der Waals surface area contributed by atoms with E-state index < -0.39 is 10.1 Å². The molecule has 0 radical (unpaired) electrons. The third kappa shape index (κ3) is 6.71. The van der Waals surface area contributed by atoms with Crippen LogP contribution in [0.3, 0.4) is 0 Å². The van der Waals surface area contributed by atoms with Crippen LogP contribution in [0, 0.1) is 0 Å². The van der Waals surface area contributed by atoms with Gasteiger partial charge in [0.15, 0.2) is 6.04 Å². The summed E-state index contributed by atoms with van der Waals surface area (Å²) in [5.41, 5.74) is 1.62. The molecule has 0 saturated heterocycles. The highest BCUT2D eigenvalue weighted by Gasteiger charge is 2.34. The minimum Gasteiger partial charge on any atom is -0.299 e. The number of nitrogens with zero attached hydrogens (tertiary/aromatic N) is 3. The maximum Gasteiger partial charge on any atom is 0.270 e. The molecule has 38 heavy (non-hydrogen) atoms. The van der Waals surface area contributed by atoms with Crippen LogP contribution in [-0.4, -0.2) is 51.1 Å². The number of thiazole rings is 1. The number of carbonyl (C=O) groups excluding carboxylic acids is 1. The first-order valence-electron chi connectivity index (χ1n) is 12.2. The van der Waals surface area contributed by atoms with Crippen molar-refractivity contribution in [1.82, 2.24) is 4.57 Å². The molecule has 8 nitrogen and oxygen atoms in total. The van der Waals surface area contributed by atoms with Crippen LogP contribution in [0.15, 0.2) is 65.5 Å². The molecule has 1 N–H and O–H groups in total. The molecule has 1 aliphatic rings. The van der Waals surface area contributed by atoms with E-state index in [1.54, 1.807) is 22.5 Å². The third-order valence-electron chi connectivity index (χ3n) is 6.15. The van der Waals surface area contributed by atoms with Crippen molar-refractivity contribution in [3.63, 3.8) is 0 Å². The Bertz CT molecular complexity index is 1610. The number of rotatable bonds is 9. The summed E-state index contributed by atoms with van der Waals surface area (Å²) in [5, 5.41) is 0.927. The van der Waals surface area contributed by atoms with Gasteiger partial charge in [-0.05, 0) is 19.1 Å². The van der Waals surface area contributed by atoms with E-state index in [1.807, 2.05) is 73.7 Å². The average Bonchev–Trinajstić information content (AvgIpc) is 3.42. The van der Waals surface area contributed by atoms with Gasteiger partial charge < -0.3 is 0 Å². The smallest absolute Gasteiger partial charge is 0.270 e. The van der Waals surface area contributed by atoms with E-state index in [-0.39, 0.29) is 29.7 Å². The van der Waals surface area contributed by atoms with Gasteiger partial charge in [0.1, 0.15) is 15.7 Å². The number of aromatic nitrogens is 1. The first-order chi connectivity index (χ1) is 18.2. The van der Waals surface area contributed by atoms with Crippen molar-refractivity contribution in [3.8, 4) is 0 Å². The van der Waals surface area contributed by atoms with Crippen molar-refractivity contribution >= 4 is 62.1 Å². The van der Waals surface area contributed by atoms with Crippen molar-refractivity contribution < 1.29 is 22.3 Å². The molecule has 0 bridgehead atoms. The molecular formula is C27H30N3O5S3+. The van der Waals surface area contributed by atoms with E-state index in [2.05, 4.69) is 4.58 Å². The standard InChI is InChI=1S/C27H29N3O5S3/c1-3-28-26(37-24(27(28)32)18-30(20(2)31)22-13-8-5-9-14-22)17-25-29(15-10-16-38(33,34)35)23(19-36-25)21-11-6-4-7-12-21/h4-9,11-14,17-18,23H,3,10,15-16,19H2,1-2H3/p+1/b24-18+/t23-/m0/s1. The summed E-state index contributed by atoms with van der Waals surface area (Å²) in [6.45, 7) is 4.26. The lowest BCUT2D eigenvalue weighted by atomic mass is 10.1. The minimum atomic E-state index is -4.06. The normalized spacial score (nSPS) is 16.9. The molecule has 1 aliphatic heterocycles. The Kier molecular flexibility index (Phi) is 9.03. The number of para-hydroxylation sites is 1. The molecule has 200 valence electrons. The molecule has 3 aromatic rings. The zero-order valence-corrected chi connectivity index (χ0v) is 23.6. The Morgan fingerprint density at radius 3 is 2.42 bits per heavy atom. The molecule has 11 heteroatoms. The Balaban J connectivity index is 1.81. The zero-order chi connectivity index (χ0) is 27.3. The van der Waals surface area contributed by atoms with E-state index in [1.165, 1.54) is 23.2 Å². The number of benzene rings is 2. The quantitative estimate of drug-likeness (QED) is 0.313. The summed E-state index contributed by atoms with van der Waals surface area (Å²) in [7, 11) is -4.06. The predicted molar refractivity (Wildman–Crippen MR) is 155 cm³/mol. The first-order valence-corrected chi connectivity index (χ1v) is 15.6. The molecule has 0 aliphatic carbocycles. The van der Waals surface area contributed by atoms with E-state index in [4.69, 9.17) is 0 Å². The van der Waals surface area contributed by atoms with Gasteiger partial charge in [0.25, 0.3) is 15.7 Å². The second kappa shape index (κ2) is 12.2. The molecule has 2 aromatic carbocycles. The molecule has 0 saturated carbocycles. The monoisotopic (exact) mass is 572 g/mol. The van der Waals surface area contributed by atoms with Crippen LogP contribution in [-0.2, 0) is 21.5 Å². The molecule has 1 amide bonds. The summed E-state index contributed by atoms with van der Waals surface area (Å²) in [6.07, 6.45) is 3.83. The van der Waals surface area contributed by atoms with E-state index in [0.717, 1.165) is 21.0 Å². The highest BCUT2D eigenvalue weighted by atomic mass is 32.2. The molecule has 1 atom stereocenters. The van der Waals surface area contributed by atoms with Gasteiger partial charge in [-0.25, -0.2) is 4.58 Å². The molecule has 0 spiro atoms. The molecule has 4 rings (SSSR count). The van der Waals surface area contributed by atoms with Gasteiger partial charge in [-0.3, -0.25) is 23.6 Å². The number of thioether (sulfide) groups is 1. The van der Waals surface area contributed by atoms with E-state index in [0.29, 0.717) is 23.3 Å². The third-order valence-corrected chi connectivity index (χ3v) is 9.14. The summed E-state index contributed by atoms with van der Waals surface area (Å²) >= 11 is 2.96. The van der Waals surface area contributed by atoms with Gasteiger partial charge in [-0.1, -0.05) is 60.3 Å². The minimum absolute atomic E-state index is 0.0351. The maximum atomic E-state index is 13.3. The zero-order valence-electron chi connectivity index (χ0n) is 21.2. The highest BCUT2D eigenvalue weighted by molar-refractivity contribution is 8.14. The number of hydrogen-bond donors (Lipinski definition) is 1. The average molecular weight is 573 g/mol. The number of anilines is 1. The van der Waals surface area contributed by atoms with Crippen LogP contribution in [0.5, 0.6) is 0 Å². The molecule has 2 heterocycles. The topological polar surface area (TPSA) is 99.7 Å². The fourth-order valence-electron chi connectivity index (χ4n) is 4.34. The van der Waals surface area contributed by atoms with Crippen LogP contribution in [0.25, 0.3) is 12.3 Å². The molecule has 1 aromatic heterocycles. The lowest BCUT2D eigenvalue weighted by Crippen LogP contribution is -2.34. The SMILES string of the molecule is CCn1c(=CC2=[N+](CCCS(=O)(=O)O)[C@H](c3ccccc3)CS2)s/c(=C/N(C(C)=O)c2ccccc2)c1=O. The fraction of sp³-hybridized carbons (Fsp3) is 0.296. The number of hydrogen-bond acceptors (Lipinski definition) is 6. The van der Waals surface area contributed by atoms with E-state index >= 15 is 0 Å². The summed E-state index contributed by atoms with van der Waals surface area (Å²) in [5.74, 6) is 0.254. The largest absolute Gasteiger partial charge is 0.299 e. The highest BCUT2D eigenvalue weighted by Crippen LogP contribution is 2.31. The molecular weight excluding hydrogens is 543 g/mol. The van der Waals surface area contributed by atoms with Crippen LogP contribution in [0.4, 0.5) is 5.69 Å². The Morgan fingerprint density at radius 1 is 1.16 bits per heavy atom. The fourth-order valence-corrected chi connectivity index (χ4v) is 7.26. The number of amides is 1. The van der Waals surface area contributed by atoms with Crippen LogP contribution in [0.2, 0.25) is 0 Å². The summed E-state index contributed by atoms with van der Waals surface area (Å²) in [6, 6.07) is 19.2. The van der Waals surface area contributed by atoms with Crippen LogP contribution < -0.4 is 19.7 Å². The van der Waals surface area contributed by atoms with Gasteiger partial charge >= 0.3 is 0 Å². The van der Waals surface area contributed by atoms with Crippen molar-refractivity contribution in [2.45, 2.75) is 32.9 Å².